The second-order valence-corrected chi connectivity index (χ2v) is 7.41. The normalized spacial score (nSPS) is 24.8. The molecule has 4 heteroatoms. The van der Waals surface area contributed by atoms with Crippen molar-refractivity contribution in [3.8, 4) is 5.75 Å². The van der Waals surface area contributed by atoms with Crippen LogP contribution in [0.15, 0.2) is 24.3 Å². The van der Waals surface area contributed by atoms with Crippen LogP contribution in [0.2, 0.25) is 0 Å². The number of likely N-dealkylation sites (tertiary alicyclic amines) is 2. The molecule has 2 atom stereocenters. The van der Waals surface area contributed by atoms with Crippen LogP contribution in [0.4, 0.5) is 0 Å². The van der Waals surface area contributed by atoms with Gasteiger partial charge in [0.25, 0.3) is 0 Å². The molecule has 2 aliphatic heterocycles. The van der Waals surface area contributed by atoms with Gasteiger partial charge in [0.15, 0.2) is 0 Å². The van der Waals surface area contributed by atoms with Crippen molar-refractivity contribution in [3.05, 3.63) is 29.8 Å². The summed E-state index contributed by atoms with van der Waals surface area (Å²) in [5, 5.41) is 0. The van der Waals surface area contributed by atoms with Crippen molar-refractivity contribution in [2.24, 2.45) is 0 Å². The number of carbonyl (C=O) groups excluding carboxylic acids is 1. The number of hydrogen-bond donors (Lipinski definition) is 0. The Morgan fingerprint density at radius 2 is 1.79 bits per heavy atom. The number of amides is 1. The summed E-state index contributed by atoms with van der Waals surface area (Å²) in [6.45, 7) is 8.85. The minimum Gasteiger partial charge on any atom is -0.491 e. The zero-order chi connectivity index (χ0) is 17.1. The summed E-state index contributed by atoms with van der Waals surface area (Å²) >= 11 is 0. The molecule has 2 heterocycles. The molecule has 2 saturated heterocycles. The fourth-order valence-electron chi connectivity index (χ4n) is 4.25. The molecule has 0 saturated carbocycles. The van der Waals surface area contributed by atoms with E-state index in [2.05, 4.69) is 34.1 Å². The summed E-state index contributed by atoms with van der Waals surface area (Å²) in [6.07, 6.45) is 4.96. The minimum atomic E-state index is 0.207. The van der Waals surface area contributed by atoms with Crippen molar-refractivity contribution in [1.29, 1.82) is 0 Å². The van der Waals surface area contributed by atoms with Crippen LogP contribution in [0, 0.1) is 0 Å². The Bertz CT molecular complexity index is 555. The molecule has 0 aromatic heterocycles. The number of carbonyl (C=O) groups is 1. The van der Waals surface area contributed by atoms with Crippen molar-refractivity contribution in [1.82, 2.24) is 9.80 Å². The van der Waals surface area contributed by atoms with Gasteiger partial charge in [0.1, 0.15) is 5.75 Å². The van der Waals surface area contributed by atoms with Crippen LogP contribution in [0.5, 0.6) is 5.75 Å². The van der Waals surface area contributed by atoms with E-state index in [9.17, 15) is 4.79 Å². The van der Waals surface area contributed by atoms with E-state index in [1.54, 1.807) is 6.92 Å². The van der Waals surface area contributed by atoms with Gasteiger partial charge in [-0.15, -0.1) is 0 Å². The predicted octanol–water partition coefficient (Wildman–Crippen LogP) is 3.45. The van der Waals surface area contributed by atoms with Crippen LogP contribution in [-0.4, -0.2) is 47.0 Å². The van der Waals surface area contributed by atoms with E-state index in [1.165, 1.54) is 18.4 Å². The highest BCUT2D eigenvalue weighted by Crippen LogP contribution is 2.31. The van der Waals surface area contributed by atoms with E-state index in [0.29, 0.717) is 12.1 Å². The summed E-state index contributed by atoms with van der Waals surface area (Å²) in [4.78, 5) is 16.6. The highest BCUT2D eigenvalue weighted by Gasteiger charge is 2.38. The molecular weight excluding hydrogens is 300 g/mol. The van der Waals surface area contributed by atoms with Gasteiger partial charge in [-0.2, -0.15) is 0 Å². The highest BCUT2D eigenvalue weighted by molar-refractivity contribution is 5.74. The molecule has 3 rings (SSSR count). The molecule has 0 radical (unpaired) electrons. The van der Waals surface area contributed by atoms with Gasteiger partial charge in [-0.25, -0.2) is 0 Å². The summed E-state index contributed by atoms with van der Waals surface area (Å²) in [7, 11) is 0. The molecule has 1 aromatic rings. The van der Waals surface area contributed by atoms with Gasteiger partial charge < -0.3 is 9.64 Å². The first kappa shape index (κ1) is 17.3. The molecule has 0 unspecified atom stereocenters. The van der Waals surface area contributed by atoms with Crippen LogP contribution in [-0.2, 0) is 11.3 Å². The lowest BCUT2D eigenvalue weighted by molar-refractivity contribution is -0.130. The van der Waals surface area contributed by atoms with Gasteiger partial charge in [-0.05, 0) is 63.8 Å². The largest absolute Gasteiger partial charge is 0.491 e. The van der Waals surface area contributed by atoms with Crippen molar-refractivity contribution >= 4 is 5.91 Å². The molecule has 0 spiro atoms. The average molecular weight is 330 g/mol. The number of ether oxygens (including phenoxy) is 1. The number of nitrogens with zero attached hydrogens (tertiary/aromatic N) is 2. The highest BCUT2D eigenvalue weighted by atomic mass is 16.5. The molecular formula is C20H30N2O2. The first-order valence-electron chi connectivity index (χ1n) is 9.31. The van der Waals surface area contributed by atoms with Gasteiger partial charge >= 0.3 is 0 Å². The summed E-state index contributed by atoms with van der Waals surface area (Å²) in [6, 6.07) is 9.40. The lowest BCUT2D eigenvalue weighted by atomic mass is 10.0. The van der Waals surface area contributed by atoms with E-state index in [0.717, 1.165) is 38.2 Å². The molecule has 0 N–H and O–H groups in total. The third-order valence-corrected chi connectivity index (χ3v) is 5.24. The SMILES string of the molecule is CC(=O)N1CCC[C@H]1[C@H]1CCCN1Cc1ccc(OC(C)C)cc1. The average Bonchev–Trinajstić information content (AvgIpc) is 3.17. The van der Waals surface area contributed by atoms with E-state index in [1.807, 2.05) is 13.8 Å². The standard InChI is InChI=1S/C20H30N2O2/c1-15(2)24-18-10-8-17(9-11-18)14-21-12-4-6-19(21)20-7-5-13-22(20)16(3)23/h8-11,15,19-20H,4-7,12-14H2,1-3H3/t19-,20+/m1/s1. The Balaban J connectivity index is 1.64. The maximum atomic E-state index is 11.9. The summed E-state index contributed by atoms with van der Waals surface area (Å²) in [5.41, 5.74) is 1.32. The third kappa shape index (κ3) is 3.92. The molecule has 4 nitrogen and oxygen atoms in total. The van der Waals surface area contributed by atoms with Crippen molar-refractivity contribution < 1.29 is 9.53 Å². The van der Waals surface area contributed by atoms with E-state index < -0.39 is 0 Å². The van der Waals surface area contributed by atoms with Crippen molar-refractivity contribution in [2.75, 3.05) is 13.1 Å². The first-order chi connectivity index (χ1) is 11.5. The molecule has 1 amide bonds. The first-order valence-corrected chi connectivity index (χ1v) is 9.31. The maximum absolute atomic E-state index is 11.9. The fraction of sp³-hybridized carbons (Fsp3) is 0.650. The molecule has 0 bridgehead atoms. The van der Waals surface area contributed by atoms with Gasteiger partial charge in [-0.1, -0.05) is 12.1 Å². The second-order valence-electron chi connectivity index (χ2n) is 7.41. The number of rotatable bonds is 5. The van der Waals surface area contributed by atoms with Crippen molar-refractivity contribution in [3.63, 3.8) is 0 Å². The second kappa shape index (κ2) is 7.56. The molecule has 2 aliphatic rings. The Morgan fingerprint density at radius 3 is 2.46 bits per heavy atom. The Labute approximate surface area is 145 Å². The number of benzene rings is 1. The predicted molar refractivity (Wildman–Crippen MR) is 96.0 cm³/mol. The van der Waals surface area contributed by atoms with Crippen LogP contribution in [0.25, 0.3) is 0 Å². The van der Waals surface area contributed by atoms with Gasteiger partial charge in [0, 0.05) is 32.1 Å². The van der Waals surface area contributed by atoms with Crippen LogP contribution >= 0.6 is 0 Å². The van der Waals surface area contributed by atoms with Crippen LogP contribution < -0.4 is 4.74 Å². The minimum absolute atomic E-state index is 0.207. The van der Waals surface area contributed by atoms with E-state index >= 15 is 0 Å². The smallest absolute Gasteiger partial charge is 0.219 e. The quantitative estimate of drug-likeness (QED) is 0.829. The zero-order valence-corrected chi connectivity index (χ0v) is 15.2. The van der Waals surface area contributed by atoms with Gasteiger partial charge in [0.2, 0.25) is 5.91 Å². The molecule has 1 aromatic carbocycles. The van der Waals surface area contributed by atoms with E-state index in [-0.39, 0.29) is 12.0 Å². The number of hydrogen-bond acceptors (Lipinski definition) is 3. The maximum Gasteiger partial charge on any atom is 0.219 e. The topological polar surface area (TPSA) is 32.8 Å². The lowest BCUT2D eigenvalue weighted by Gasteiger charge is -2.34. The molecule has 24 heavy (non-hydrogen) atoms. The summed E-state index contributed by atoms with van der Waals surface area (Å²) in [5.74, 6) is 1.17. The molecule has 0 aliphatic carbocycles. The van der Waals surface area contributed by atoms with Crippen LogP contribution in [0.3, 0.4) is 0 Å². The molecule has 132 valence electrons. The Kier molecular flexibility index (Phi) is 5.44. The van der Waals surface area contributed by atoms with Gasteiger partial charge in [0.05, 0.1) is 6.10 Å². The Morgan fingerprint density at radius 1 is 1.12 bits per heavy atom. The third-order valence-electron chi connectivity index (χ3n) is 5.24. The summed E-state index contributed by atoms with van der Waals surface area (Å²) < 4.78 is 5.72. The Hall–Kier alpha value is -1.55. The van der Waals surface area contributed by atoms with Crippen molar-refractivity contribution in [2.45, 2.75) is 71.2 Å². The van der Waals surface area contributed by atoms with E-state index in [4.69, 9.17) is 4.74 Å². The lowest BCUT2D eigenvalue weighted by Crippen LogP contribution is -2.47. The zero-order valence-electron chi connectivity index (χ0n) is 15.2. The monoisotopic (exact) mass is 330 g/mol. The molecule has 2 fully saturated rings. The van der Waals surface area contributed by atoms with Crippen LogP contribution in [0.1, 0.15) is 52.0 Å². The fourth-order valence-corrected chi connectivity index (χ4v) is 4.25. The van der Waals surface area contributed by atoms with Gasteiger partial charge in [-0.3, -0.25) is 9.69 Å².